The van der Waals surface area contributed by atoms with Gasteiger partial charge in [0.05, 0.1) is 23.3 Å². The average molecular weight is 289 g/mol. The Bertz CT molecular complexity index is 524. The molecule has 6 nitrogen and oxygen atoms in total. The first-order valence-corrected chi connectivity index (χ1v) is 8.10. The Labute approximate surface area is 112 Å². The topological polar surface area (TPSA) is 91.8 Å². The zero-order chi connectivity index (χ0) is 14.6. The van der Waals surface area contributed by atoms with E-state index in [0.717, 1.165) is 0 Å². The number of carbonyl (C=O) groups excluding carboxylic acids is 1. The highest BCUT2D eigenvalue weighted by atomic mass is 32.2. The Morgan fingerprint density at radius 2 is 1.84 bits per heavy atom. The van der Waals surface area contributed by atoms with Crippen LogP contribution in [-0.2, 0) is 19.4 Å². The van der Waals surface area contributed by atoms with Gasteiger partial charge in [0.2, 0.25) is 5.91 Å². The second-order valence-corrected chi connectivity index (χ2v) is 8.35. The standard InChI is InChI=1S/C12H19NO5S/c1-12(2)8(9(12)11(15)16)10(14)13(3)7-4-5-19(17,18)6-7/h7-9H,4-6H2,1-3H3,(H,15,16)/t7?,8-,9+/m1/s1. The van der Waals surface area contributed by atoms with E-state index in [1.54, 1.807) is 20.9 Å². The molecule has 7 heteroatoms. The van der Waals surface area contributed by atoms with Crippen molar-refractivity contribution in [2.24, 2.45) is 17.3 Å². The number of amides is 1. The molecule has 1 amide bonds. The van der Waals surface area contributed by atoms with Crippen LogP contribution in [0.4, 0.5) is 0 Å². The Morgan fingerprint density at radius 3 is 2.21 bits per heavy atom. The third-order valence-electron chi connectivity index (χ3n) is 4.46. The fourth-order valence-corrected chi connectivity index (χ4v) is 4.81. The van der Waals surface area contributed by atoms with Gasteiger partial charge in [0.15, 0.2) is 9.84 Å². The molecule has 2 fully saturated rings. The third-order valence-corrected chi connectivity index (χ3v) is 6.21. The van der Waals surface area contributed by atoms with Gasteiger partial charge in [0, 0.05) is 13.1 Å². The van der Waals surface area contributed by atoms with E-state index in [9.17, 15) is 18.0 Å². The largest absolute Gasteiger partial charge is 0.481 e. The van der Waals surface area contributed by atoms with E-state index in [1.807, 2.05) is 0 Å². The summed E-state index contributed by atoms with van der Waals surface area (Å²) in [5.74, 6) is -2.33. The molecule has 1 saturated carbocycles. The minimum atomic E-state index is -3.05. The summed E-state index contributed by atoms with van der Waals surface area (Å²) in [5, 5.41) is 9.07. The van der Waals surface area contributed by atoms with Crippen LogP contribution in [0.25, 0.3) is 0 Å². The lowest BCUT2D eigenvalue weighted by molar-refractivity contribution is -0.142. The summed E-state index contributed by atoms with van der Waals surface area (Å²) >= 11 is 0. The van der Waals surface area contributed by atoms with Crippen molar-refractivity contribution < 1.29 is 23.1 Å². The second-order valence-electron chi connectivity index (χ2n) is 6.12. The van der Waals surface area contributed by atoms with Gasteiger partial charge in [-0.25, -0.2) is 8.42 Å². The van der Waals surface area contributed by atoms with Crippen molar-refractivity contribution in [1.82, 2.24) is 4.90 Å². The summed E-state index contributed by atoms with van der Waals surface area (Å²) in [5.41, 5.74) is -0.547. The molecule has 1 aliphatic carbocycles. The maximum Gasteiger partial charge on any atom is 0.307 e. The summed E-state index contributed by atoms with van der Waals surface area (Å²) in [6, 6.07) is -0.316. The van der Waals surface area contributed by atoms with Crippen molar-refractivity contribution in [2.75, 3.05) is 18.6 Å². The number of carboxylic acids is 1. The van der Waals surface area contributed by atoms with Crippen molar-refractivity contribution in [2.45, 2.75) is 26.3 Å². The zero-order valence-electron chi connectivity index (χ0n) is 11.3. The van der Waals surface area contributed by atoms with E-state index in [-0.39, 0.29) is 23.5 Å². The van der Waals surface area contributed by atoms with E-state index in [1.165, 1.54) is 4.90 Å². The lowest BCUT2D eigenvalue weighted by atomic mass is 10.1. The molecule has 0 bridgehead atoms. The molecule has 0 aromatic carbocycles. The van der Waals surface area contributed by atoms with Crippen LogP contribution in [0.15, 0.2) is 0 Å². The lowest BCUT2D eigenvalue weighted by Gasteiger charge is -2.24. The fourth-order valence-electron chi connectivity index (χ4n) is 3.04. The van der Waals surface area contributed by atoms with Gasteiger partial charge in [-0.1, -0.05) is 13.8 Å². The quantitative estimate of drug-likeness (QED) is 0.789. The number of nitrogens with zero attached hydrogens (tertiary/aromatic N) is 1. The van der Waals surface area contributed by atoms with Crippen molar-refractivity contribution >= 4 is 21.7 Å². The SMILES string of the molecule is CN(C(=O)[C@H]1[C@@H](C(=O)O)C1(C)C)C1CCS(=O)(=O)C1. The van der Waals surface area contributed by atoms with Crippen molar-refractivity contribution in [3.8, 4) is 0 Å². The van der Waals surface area contributed by atoms with Gasteiger partial charge in [-0.05, 0) is 11.8 Å². The lowest BCUT2D eigenvalue weighted by Crippen LogP contribution is -2.39. The first kappa shape index (κ1) is 14.3. The van der Waals surface area contributed by atoms with Gasteiger partial charge in [0.1, 0.15) is 0 Å². The van der Waals surface area contributed by atoms with Crippen LogP contribution in [0.5, 0.6) is 0 Å². The molecule has 1 aliphatic heterocycles. The number of aliphatic carboxylic acids is 1. The molecule has 1 unspecified atom stereocenters. The molecule has 1 saturated heterocycles. The Morgan fingerprint density at radius 1 is 1.26 bits per heavy atom. The number of hydrogen-bond donors (Lipinski definition) is 1. The smallest absolute Gasteiger partial charge is 0.307 e. The first-order chi connectivity index (χ1) is 8.58. The van der Waals surface area contributed by atoms with Gasteiger partial charge >= 0.3 is 5.97 Å². The van der Waals surface area contributed by atoms with Crippen molar-refractivity contribution in [3.63, 3.8) is 0 Å². The van der Waals surface area contributed by atoms with Crippen LogP contribution in [0, 0.1) is 17.3 Å². The molecule has 0 aromatic heterocycles. The van der Waals surface area contributed by atoms with Gasteiger partial charge in [-0.3, -0.25) is 9.59 Å². The molecular weight excluding hydrogens is 270 g/mol. The molecule has 0 radical (unpaired) electrons. The molecule has 108 valence electrons. The van der Waals surface area contributed by atoms with Crippen LogP contribution in [0.3, 0.4) is 0 Å². The molecule has 2 rings (SSSR count). The minimum Gasteiger partial charge on any atom is -0.481 e. The average Bonchev–Trinajstić information content (AvgIpc) is 2.66. The van der Waals surface area contributed by atoms with Gasteiger partial charge in [-0.15, -0.1) is 0 Å². The van der Waals surface area contributed by atoms with E-state index in [2.05, 4.69) is 0 Å². The molecule has 2 aliphatic rings. The molecule has 3 atom stereocenters. The maximum atomic E-state index is 12.3. The van der Waals surface area contributed by atoms with Crippen LogP contribution in [-0.4, -0.2) is 54.9 Å². The highest BCUT2D eigenvalue weighted by Gasteiger charge is 2.66. The predicted molar refractivity (Wildman–Crippen MR) is 68.2 cm³/mol. The van der Waals surface area contributed by atoms with Gasteiger partial charge < -0.3 is 10.0 Å². The Balaban J connectivity index is 2.08. The number of carboxylic acid groups (broad SMARTS) is 1. The molecule has 1 N–H and O–H groups in total. The third kappa shape index (κ3) is 2.35. The van der Waals surface area contributed by atoms with Crippen LogP contribution in [0.2, 0.25) is 0 Å². The Hall–Kier alpha value is -1.11. The van der Waals surface area contributed by atoms with Crippen LogP contribution >= 0.6 is 0 Å². The molecule has 1 heterocycles. The van der Waals surface area contributed by atoms with E-state index >= 15 is 0 Å². The molecule has 0 spiro atoms. The number of rotatable bonds is 3. The first-order valence-electron chi connectivity index (χ1n) is 6.28. The maximum absolute atomic E-state index is 12.3. The van der Waals surface area contributed by atoms with Crippen molar-refractivity contribution in [1.29, 1.82) is 0 Å². The van der Waals surface area contributed by atoms with Crippen LogP contribution < -0.4 is 0 Å². The Kier molecular flexibility index (Phi) is 3.16. The highest BCUT2D eigenvalue weighted by molar-refractivity contribution is 7.91. The number of hydrogen-bond acceptors (Lipinski definition) is 4. The summed E-state index contributed by atoms with van der Waals surface area (Å²) in [7, 11) is -1.48. The zero-order valence-corrected chi connectivity index (χ0v) is 12.1. The second kappa shape index (κ2) is 4.19. The number of carbonyl (C=O) groups is 2. The van der Waals surface area contributed by atoms with E-state index in [0.29, 0.717) is 6.42 Å². The van der Waals surface area contributed by atoms with Crippen LogP contribution in [0.1, 0.15) is 20.3 Å². The van der Waals surface area contributed by atoms with Gasteiger partial charge in [0.25, 0.3) is 0 Å². The molecule has 19 heavy (non-hydrogen) atoms. The summed E-state index contributed by atoms with van der Waals surface area (Å²) in [6.07, 6.45) is 0.440. The van der Waals surface area contributed by atoms with E-state index in [4.69, 9.17) is 5.11 Å². The predicted octanol–water partition coefficient (Wildman–Crippen LogP) is -0.0113. The van der Waals surface area contributed by atoms with Crippen molar-refractivity contribution in [3.05, 3.63) is 0 Å². The highest BCUT2D eigenvalue weighted by Crippen LogP contribution is 2.59. The molecular formula is C12H19NO5S. The normalized spacial score (nSPS) is 34.8. The summed E-state index contributed by atoms with van der Waals surface area (Å²) < 4.78 is 22.8. The monoisotopic (exact) mass is 289 g/mol. The van der Waals surface area contributed by atoms with Gasteiger partial charge in [-0.2, -0.15) is 0 Å². The molecule has 0 aromatic rings. The van der Waals surface area contributed by atoms with E-state index < -0.39 is 33.1 Å². The minimum absolute atomic E-state index is 0.0138. The number of sulfone groups is 1. The fraction of sp³-hybridized carbons (Fsp3) is 0.833. The summed E-state index contributed by atoms with van der Waals surface area (Å²) in [4.78, 5) is 24.8. The summed E-state index contributed by atoms with van der Waals surface area (Å²) in [6.45, 7) is 3.52.